The molecule has 0 amide bonds. The molecular weight excluding hydrogens is 322 g/mol. The van der Waals surface area contributed by atoms with Crippen molar-refractivity contribution < 1.29 is 9.84 Å². The third-order valence-corrected chi connectivity index (χ3v) is 6.05. The molecule has 2 fully saturated rings. The van der Waals surface area contributed by atoms with E-state index in [1.165, 1.54) is 18.4 Å². The zero-order valence-electron chi connectivity index (χ0n) is 15.4. The molecule has 2 unspecified atom stereocenters. The first-order valence-electron chi connectivity index (χ1n) is 9.97. The Morgan fingerprint density at radius 1 is 1.00 bits per heavy atom. The van der Waals surface area contributed by atoms with Gasteiger partial charge in [0.1, 0.15) is 0 Å². The van der Waals surface area contributed by atoms with Gasteiger partial charge in [0.15, 0.2) is 0 Å². The highest BCUT2D eigenvalue weighted by atomic mass is 16.5. The standard InChI is InChI=1S/C23H29NO2/c25-23(19-10-4-5-11-19,16-20-17-24-14-15-26-20)22-13-7-6-12-21(22)18-8-2-1-3-9-18/h1-3,6-9,12-13,19-20,24-25H,4-5,10-11,14-17H2. The number of nitrogens with one attached hydrogen (secondary N) is 1. The van der Waals surface area contributed by atoms with E-state index in [1.54, 1.807) is 0 Å². The molecule has 0 aromatic heterocycles. The topological polar surface area (TPSA) is 41.5 Å². The van der Waals surface area contributed by atoms with Gasteiger partial charge in [0.25, 0.3) is 0 Å². The van der Waals surface area contributed by atoms with Crippen LogP contribution >= 0.6 is 0 Å². The van der Waals surface area contributed by atoms with E-state index in [1.807, 2.05) is 6.07 Å². The van der Waals surface area contributed by atoms with Crippen molar-refractivity contribution in [1.29, 1.82) is 0 Å². The molecule has 4 rings (SSSR count). The highest BCUT2D eigenvalue weighted by Gasteiger charge is 2.43. The van der Waals surface area contributed by atoms with Crippen LogP contribution in [0.25, 0.3) is 11.1 Å². The summed E-state index contributed by atoms with van der Waals surface area (Å²) in [4.78, 5) is 0. The summed E-state index contributed by atoms with van der Waals surface area (Å²) in [5, 5.41) is 15.5. The van der Waals surface area contributed by atoms with E-state index in [-0.39, 0.29) is 6.10 Å². The number of hydrogen-bond donors (Lipinski definition) is 2. The van der Waals surface area contributed by atoms with Crippen molar-refractivity contribution in [3.8, 4) is 11.1 Å². The van der Waals surface area contributed by atoms with E-state index in [2.05, 4.69) is 53.8 Å². The number of aliphatic hydroxyl groups is 1. The molecule has 3 nitrogen and oxygen atoms in total. The number of benzene rings is 2. The van der Waals surface area contributed by atoms with Crippen LogP contribution in [-0.4, -0.2) is 30.9 Å². The Morgan fingerprint density at radius 2 is 1.73 bits per heavy atom. The van der Waals surface area contributed by atoms with Crippen LogP contribution in [0.15, 0.2) is 54.6 Å². The van der Waals surface area contributed by atoms with Gasteiger partial charge in [0.2, 0.25) is 0 Å². The smallest absolute Gasteiger partial charge is 0.0955 e. The van der Waals surface area contributed by atoms with Crippen molar-refractivity contribution in [1.82, 2.24) is 5.32 Å². The molecule has 1 heterocycles. The molecule has 2 atom stereocenters. The minimum Gasteiger partial charge on any atom is -0.385 e. The van der Waals surface area contributed by atoms with Crippen LogP contribution in [0, 0.1) is 5.92 Å². The summed E-state index contributed by atoms with van der Waals surface area (Å²) in [6.07, 6.45) is 5.35. The second-order valence-corrected chi connectivity index (χ2v) is 7.72. The lowest BCUT2D eigenvalue weighted by molar-refractivity contribution is -0.0840. The monoisotopic (exact) mass is 351 g/mol. The summed E-state index contributed by atoms with van der Waals surface area (Å²) in [6.45, 7) is 2.45. The molecule has 2 aromatic rings. The zero-order valence-corrected chi connectivity index (χ0v) is 15.4. The SMILES string of the molecule is OC(CC1CNCCO1)(c1ccccc1-c1ccccc1)C1CCCC1. The van der Waals surface area contributed by atoms with E-state index in [4.69, 9.17) is 4.74 Å². The summed E-state index contributed by atoms with van der Waals surface area (Å²) < 4.78 is 5.98. The highest BCUT2D eigenvalue weighted by molar-refractivity contribution is 5.68. The van der Waals surface area contributed by atoms with Crippen molar-refractivity contribution >= 4 is 0 Å². The van der Waals surface area contributed by atoms with Gasteiger partial charge < -0.3 is 15.2 Å². The number of morpholine rings is 1. The number of ether oxygens (including phenoxy) is 1. The first kappa shape index (κ1) is 17.7. The predicted octanol–water partition coefficient (Wildman–Crippen LogP) is 4.11. The average molecular weight is 351 g/mol. The fourth-order valence-electron chi connectivity index (χ4n) is 4.73. The number of rotatable bonds is 5. The maximum Gasteiger partial charge on any atom is 0.0955 e. The largest absolute Gasteiger partial charge is 0.385 e. The third kappa shape index (κ3) is 3.57. The molecule has 26 heavy (non-hydrogen) atoms. The van der Waals surface area contributed by atoms with Gasteiger partial charge in [-0.05, 0) is 35.4 Å². The molecule has 0 radical (unpaired) electrons. The second-order valence-electron chi connectivity index (χ2n) is 7.72. The van der Waals surface area contributed by atoms with Gasteiger partial charge in [0, 0.05) is 19.5 Å². The zero-order chi connectivity index (χ0) is 17.8. The fraction of sp³-hybridized carbons (Fsp3) is 0.478. The first-order valence-corrected chi connectivity index (χ1v) is 9.97. The van der Waals surface area contributed by atoms with E-state index in [0.717, 1.165) is 43.7 Å². The van der Waals surface area contributed by atoms with Crippen LogP contribution in [-0.2, 0) is 10.3 Å². The third-order valence-electron chi connectivity index (χ3n) is 6.05. The Kier molecular flexibility index (Phi) is 5.39. The molecular formula is C23H29NO2. The van der Waals surface area contributed by atoms with Gasteiger partial charge in [-0.3, -0.25) is 0 Å². The van der Waals surface area contributed by atoms with E-state index in [0.29, 0.717) is 12.3 Å². The molecule has 2 aliphatic rings. The summed E-state index contributed by atoms with van der Waals surface area (Å²) in [6, 6.07) is 18.8. The van der Waals surface area contributed by atoms with Gasteiger partial charge in [-0.2, -0.15) is 0 Å². The minimum atomic E-state index is -0.841. The van der Waals surface area contributed by atoms with Crippen LogP contribution in [0.4, 0.5) is 0 Å². The summed E-state index contributed by atoms with van der Waals surface area (Å²) >= 11 is 0. The Balaban J connectivity index is 1.74. The molecule has 0 spiro atoms. The van der Waals surface area contributed by atoms with Crippen LogP contribution in [0.5, 0.6) is 0 Å². The minimum absolute atomic E-state index is 0.0678. The lowest BCUT2D eigenvalue weighted by Gasteiger charge is -2.39. The van der Waals surface area contributed by atoms with Crippen LogP contribution in [0.2, 0.25) is 0 Å². The normalized spacial score (nSPS) is 23.7. The molecule has 3 heteroatoms. The van der Waals surface area contributed by atoms with Gasteiger partial charge in [-0.15, -0.1) is 0 Å². The van der Waals surface area contributed by atoms with E-state index >= 15 is 0 Å². The molecule has 2 N–H and O–H groups in total. The van der Waals surface area contributed by atoms with Crippen molar-refractivity contribution in [3.63, 3.8) is 0 Å². The second kappa shape index (κ2) is 7.91. The summed E-state index contributed by atoms with van der Waals surface area (Å²) in [7, 11) is 0. The lowest BCUT2D eigenvalue weighted by atomic mass is 9.74. The maximum absolute atomic E-state index is 12.1. The van der Waals surface area contributed by atoms with E-state index < -0.39 is 5.60 Å². The van der Waals surface area contributed by atoms with Crippen molar-refractivity contribution in [2.45, 2.75) is 43.8 Å². The average Bonchev–Trinajstić information content (AvgIpc) is 3.25. The molecule has 0 bridgehead atoms. The highest BCUT2D eigenvalue weighted by Crippen LogP contribution is 2.46. The Hall–Kier alpha value is -1.68. The van der Waals surface area contributed by atoms with Crippen molar-refractivity contribution in [2.24, 2.45) is 5.92 Å². The summed E-state index contributed by atoms with van der Waals surface area (Å²) in [5.41, 5.74) is 2.54. The van der Waals surface area contributed by atoms with E-state index in [9.17, 15) is 5.11 Å². The molecule has 138 valence electrons. The molecule has 1 aliphatic heterocycles. The molecule has 1 saturated heterocycles. The van der Waals surface area contributed by atoms with Crippen molar-refractivity contribution in [3.05, 3.63) is 60.2 Å². The van der Waals surface area contributed by atoms with Gasteiger partial charge in [0.05, 0.1) is 18.3 Å². The fourth-order valence-corrected chi connectivity index (χ4v) is 4.73. The van der Waals surface area contributed by atoms with Crippen molar-refractivity contribution in [2.75, 3.05) is 19.7 Å². The van der Waals surface area contributed by atoms with Crippen LogP contribution in [0.3, 0.4) is 0 Å². The maximum atomic E-state index is 12.1. The predicted molar refractivity (Wildman–Crippen MR) is 105 cm³/mol. The first-order chi connectivity index (χ1) is 12.8. The molecule has 2 aromatic carbocycles. The van der Waals surface area contributed by atoms with Gasteiger partial charge >= 0.3 is 0 Å². The molecule has 1 aliphatic carbocycles. The van der Waals surface area contributed by atoms with Crippen LogP contribution in [0.1, 0.15) is 37.7 Å². The Labute approximate surface area is 156 Å². The van der Waals surface area contributed by atoms with Gasteiger partial charge in [-0.1, -0.05) is 67.4 Å². The molecule has 1 saturated carbocycles. The number of hydrogen-bond acceptors (Lipinski definition) is 3. The summed E-state index contributed by atoms with van der Waals surface area (Å²) in [5.74, 6) is 0.304. The Morgan fingerprint density at radius 3 is 2.46 bits per heavy atom. The van der Waals surface area contributed by atoms with Crippen LogP contribution < -0.4 is 5.32 Å². The quantitative estimate of drug-likeness (QED) is 0.852. The van der Waals surface area contributed by atoms with Gasteiger partial charge in [-0.25, -0.2) is 0 Å². The Bertz CT molecular complexity index is 705. The lowest BCUT2D eigenvalue weighted by Crippen LogP contribution is -2.45.